The maximum atomic E-state index is 13.2. The topological polar surface area (TPSA) is 76.0 Å². The van der Waals surface area contributed by atoms with Crippen molar-refractivity contribution < 1.29 is 14.0 Å². The number of nitrogens with zero attached hydrogens (tertiary/aromatic N) is 2. The number of hydrogen-bond acceptors (Lipinski definition) is 3. The van der Waals surface area contributed by atoms with Crippen LogP contribution >= 0.6 is 0 Å². The standard InChI is InChI=1S/C22H21FN4O2/c23-19-9-7-17(8-10-19)15-20(26-21(28)18-5-2-1-3-6-18)22(29)25-11-4-13-27-14-12-24-16-27/h1-3,5-10,12,14-16H,4,11,13H2,(H,25,29)(H,26,28)/b20-15-. The highest BCUT2D eigenvalue weighted by molar-refractivity contribution is 6.05. The quantitative estimate of drug-likeness (QED) is 0.457. The highest BCUT2D eigenvalue weighted by Crippen LogP contribution is 2.09. The van der Waals surface area contributed by atoms with E-state index in [4.69, 9.17) is 0 Å². The summed E-state index contributed by atoms with van der Waals surface area (Å²) in [6, 6.07) is 14.3. The molecule has 2 amide bonds. The Morgan fingerprint density at radius 3 is 2.52 bits per heavy atom. The van der Waals surface area contributed by atoms with Gasteiger partial charge >= 0.3 is 0 Å². The van der Waals surface area contributed by atoms with E-state index in [9.17, 15) is 14.0 Å². The van der Waals surface area contributed by atoms with Crippen LogP contribution < -0.4 is 10.6 Å². The van der Waals surface area contributed by atoms with E-state index in [1.807, 2.05) is 10.8 Å². The van der Waals surface area contributed by atoms with Gasteiger partial charge in [-0.2, -0.15) is 0 Å². The molecule has 0 aliphatic carbocycles. The second-order valence-corrected chi connectivity index (χ2v) is 6.34. The number of rotatable bonds is 8. The van der Waals surface area contributed by atoms with E-state index in [2.05, 4.69) is 15.6 Å². The van der Waals surface area contributed by atoms with E-state index in [0.29, 0.717) is 30.6 Å². The van der Waals surface area contributed by atoms with Gasteiger partial charge < -0.3 is 15.2 Å². The minimum Gasteiger partial charge on any atom is -0.351 e. The van der Waals surface area contributed by atoms with Gasteiger partial charge in [0.05, 0.1) is 6.33 Å². The van der Waals surface area contributed by atoms with Crippen molar-refractivity contribution in [3.63, 3.8) is 0 Å². The van der Waals surface area contributed by atoms with Crippen molar-refractivity contribution >= 4 is 17.9 Å². The minimum absolute atomic E-state index is 0.0908. The molecule has 1 aromatic heterocycles. The van der Waals surface area contributed by atoms with E-state index in [0.717, 1.165) is 0 Å². The van der Waals surface area contributed by atoms with Crippen molar-refractivity contribution in [1.82, 2.24) is 20.2 Å². The van der Waals surface area contributed by atoms with Crippen LogP contribution in [0.15, 0.2) is 79.0 Å². The summed E-state index contributed by atoms with van der Waals surface area (Å²) in [6.07, 6.45) is 7.48. The Kier molecular flexibility index (Phi) is 6.89. The van der Waals surface area contributed by atoms with E-state index in [-0.39, 0.29) is 11.5 Å². The van der Waals surface area contributed by atoms with E-state index >= 15 is 0 Å². The smallest absolute Gasteiger partial charge is 0.267 e. The summed E-state index contributed by atoms with van der Waals surface area (Å²) in [7, 11) is 0. The average Bonchev–Trinajstić information content (AvgIpc) is 3.26. The van der Waals surface area contributed by atoms with Gasteiger partial charge in [0, 0.05) is 31.0 Å². The van der Waals surface area contributed by atoms with Crippen LogP contribution in [-0.2, 0) is 11.3 Å². The van der Waals surface area contributed by atoms with Crippen molar-refractivity contribution in [2.75, 3.05) is 6.54 Å². The van der Waals surface area contributed by atoms with Gasteiger partial charge in [-0.25, -0.2) is 9.37 Å². The van der Waals surface area contributed by atoms with Crippen LogP contribution in [-0.4, -0.2) is 27.9 Å². The van der Waals surface area contributed by atoms with Crippen LogP contribution in [0.4, 0.5) is 4.39 Å². The predicted molar refractivity (Wildman–Crippen MR) is 108 cm³/mol. The Morgan fingerprint density at radius 1 is 1.07 bits per heavy atom. The van der Waals surface area contributed by atoms with Crippen LogP contribution in [0.3, 0.4) is 0 Å². The fourth-order valence-corrected chi connectivity index (χ4v) is 2.65. The molecule has 7 heteroatoms. The summed E-state index contributed by atoms with van der Waals surface area (Å²) >= 11 is 0. The molecule has 0 radical (unpaired) electrons. The maximum absolute atomic E-state index is 13.2. The largest absolute Gasteiger partial charge is 0.351 e. The fraction of sp³-hybridized carbons (Fsp3) is 0.136. The molecule has 1 heterocycles. The summed E-state index contributed by atoms with van der Waals surface area (Å²) in [6.45, 7) is 1.15. The second kappa shape index (κ2) is 9.98. The van der Waals surface area contributed by atoms with Crippen LogP contribution in [0, 0.1) is 5.82 Å². The van der Waals surface area contributed by atoms with E-state index in [1.165, 1.54) is 30.3 Å². The second-order valence-electron chi connectivity index (χ2n) is 6.34. The molecular weight excluding hydrogens is 371 g/mol. The van der Waals surface area contributed by atoms with E-state index < -0.39 is 11.8 Å². The lowest BCUT2D eigenvalue weighted by molar-refractivity contribution is -0.117. The van der Waals surface area contributed by atoms with Gasteiger partial charge in [-0.3, -0.25) is 9.59 Å². The first-order chi connectivity index (χ1) is 14.1. The first-order valence-corrected chi connectivity index (χ1v) is 9.19. The molecule has 2 aromatic carbocycles. The van der Waals surface area contributed by atoms with Crippen LogP contribution in [0.5, 0.6) is 0 Å². The summed E-state index contributed by atoms with van der Waals surface area (Å²) in [5.41, 5.74) is 1.13. The van der Waals surface area contributed by atoms with Gasteiger partial charge in [-0.05, 0) is 42.3 Å². The molecule has 0 fully saturated rings. The molecule has 0 spiro atoms. The maximum Gasteiger partial charge on any atom is 0.267 e. The summed E-state index contributed by atoms with van der Waals surface area (Å²) in [4.78, 5) is 29.1. The van der Waals surface area contributed by atoms with Gasteiger partial charge in [-0.1, -0.05) is 30.3 Å². The first kappa shape index (κ1) is 20.0. The Balaban J connectivity index is 1.68. The number of benzene rings is 2. The molecule has 3 rings (SSSR count). The Hall–Kier alpha value is -3.74. The van der Waals surface area contributed by atoms with Crippen LogP contribution in [0.1, 0.15) is 22.3 Å². The number of amides is 2. The molecule has 0 atom stereocenters. The number of imidazole rings is 1. The Morgan fingerprint density at radius 2 is 1.83 bits per heavy atom. The number of hydrogen-bond donors (Lipinski definition) is 2. The fourth-order valence-electron chi connectivity index (χ4n) is 2.65. The molecule has 0 unspecified atom stereocenters. The lowest BCUT2D eigenvalue weighted by atomic mass is 10.1. The highest BCUT2D eigenvalue weighted by atomic mass is 19.1. The number of carbonyl (C=O) groups excluding carboxylic acids is 2. The number of halogens is 1. The average molecular weight is 392 g/mol. The molecule has 2 N–H and O–H groups in total. The molecule has 0 aliphatic rings. The third kappa shape index (κ3) is 6.14. The van der Waals surface area contributed by atoms with Crippen molar-refractivity contribution in [1.29, 1.82) is 0 Å². The van der Waals surface area contributed by atoms with E-state index in [1.54, 1.807) is 42.9 Å². The van der Waals surface area contributed by atoms with Crippen LogP contribution in [0.2, 0.25) is 0 Å². The predicted octanol–water partition coefficient (Wildman–Crippen LogP) is 3.00. The summed E-state index contributed by atoms with van der Waals surface area (Å²) in [5.74, 6) is -1.18. The lowest BCUT2D eigenvalue weighted by Gasteiger charge is -2.11. The number of aromatic nitrogens is 2. The van der Waals surface area contributed by atoms with Gasteiger partial charge in [0.15, 0.2) is 0 Å². The third-order valence-corrected chi connectivity index (χ3v) is 4.15. The zero-order valence-corrected chi connectivity index (χ0v) is 15.7. The summed E-state index contributed by atoms with van der Waals surface area (Å²) in [5, 5.41) is 5.46. The normalized spacial score (nSPS) is 11.1. The van der Waals surface area contributed by atoms with Gasteiger partial charge in [0.25, 0.3) is 11.8 Å². The number of nitrogens with one attached hydrogen (secondary N) is 2. The first-order valence-electron chi connectivity index (χ1n) is 9.19. The molecule has 0 aliphatic heterocycles. The van der Waals surface area contributed by atoms with Crippen molar-refractivity contribution in [3.8, 4) is 0 Å². The molecule has 0 saturated heterocycles. The lowest BCUT2D eigenvalue weighted by Crippen LogP contribution is -2.35. The van der Waals surface area contributed by atoms with Gasteiger partial charge in [-0.15, -0.1) is 0 Å². The van der Waals surface area contributed by atoms with Crippen LogP contribution in [0.25, 0.3) is 6.08 Å². The molecule has 29 heavy (non-hydrogen) atoms. The zero-order chi connectivity index (χ0) is 20.5. The van der Waals surface area contributed by atoms with Gasteiger partial charge in [0.2, 0.25) is 0 Å². The Labute approximate surface area is 168 Å². The van der Waals surface area contributed by atoms with Crippen molar-refractivity contribution in [2.45, 2.75) is 13.0 Å². The van der Waals surface area contributed by atoms with Crippen molar-refractivity contribution in [2.24, 2.45) is 0 Å². The highest BCUT2D eigenvalue weighted by Gasteiger charge is 2.14. The summed E-state index contributed by atoms with van der Waals surface area (Å²) < 4.78 is 15.1. The van der Waals surface area contributed by atoms with Gasteiger partial charge in [0.1, 0.15) is 11.5 Å². The molecule has 0 bridgehead atoms. The van der Waals surface area contributed by atoms with Crippen molar-refractivity contribution in [3.05, 3.63) is 96.0 Å². The molecular formula is C22H21FN4O2. The SMILES string of the molecule is O=C(NCCCn1ccnc1)/C(=C/c1ccc(F)cc1)NC(=O)c1ccccc1. The monoisotopic (exact) mass is 392 g/mol. The number of aryl methyl sites for hydroxylation is 1. The zero-order valence-electron chi connectivity index (χ0n) is 15.7. The molecule has 6 nitrogen and oxygen atoms in total. The third-order valence-electron chi connectivity index (χ3n) is 4.15. The Bertz CT molecular complexity index is 968. The minimum atomic E-state index is -0.413. The number of carbonyl (C=O) groups is 2. The molecule has 3 aromatic rings. The molecule has 148 valence electrons. The molecule has 0 saturated carbocycles.